The van der Waals surface area contributed by atoms with E-state index in [4.69, 9.17) is 9.72 Å². The van der Waals surface area contributed by atoms with Crippen LogP contribution >= 0.6 is 22.7 Å². The fourth-order valence-electron chi connectivity index (χ4n) is 3.90. The van der Waals surface area contributed by atoms with Crippen LogP contribution in [-0.2, 0) is 7.05 Å². The molecule has 0 saturated carbocycles. The average molecular weight is 454 g/mol. The van der Waals surface area contributed by atoms with E-state index >= 15 is 0 Å². The minimum Gasteiger partial charge on any atom is -0.467 e. The normalized spacial score (nSPS) is 19.4. The average Bonchev–Trinajstić information content (AvgIpc) is 3.50. The Kier molecular flexibility index (Phi) is 4.44. The van der Waals surface area contributed by atoms with Crippen LogP contribution in [0.3, 0.4) is 0 Å². The summed E-state index contributed by atoms with van der Waals surface area (Å²) in [4.78, 5) is 20.6. The Bertz CT molecular complexity index is 1350. The molecule has 0 radical (unpaired) electrons. The molecule has 1 aliphatic rings. The minimum atomic E-state index is 0.207. The zero-order valence-corrected chi connectivity index (χ0v) is 18.5. The number of aromatic amines is 1. The van der Waals surface area contributed by atoms with Gasteiger partial charge in [-0.1, -0.05) is 22.7 Å². The van der Waals surface area contributed by atoms with E-state index in [9.17, 15) is 0 Å². The van der Waals surface area contributed by atoms with Crippen LogP contribution in [0.2, 0.25) is 0 Å². The first-order valence-corrected chi connectivity index (χ1v) is 11.7. The largest absolute Gasteiger partial charge is 0.467 e. The number of rotatable bonds is 4. The fraction of sp³-hybridized carbons (Fsp3) is 0.368. The summed E-state index contributed by atoms with van der Waals surface area (Å²) in [7, 11) is 1.74. The van der Waals surface area contributed by atoms with Crippen molar-refractivity contribution >= 4 is 43.2 Å². The Morgan fingerprint density at radius 2 is 2.13 bits per heavy atom. The van der Waals surface area contributed by atoms with Crippen molar-refractivity contribution in [2.75, 3.05) is 6.54 Å². The lowest BCUT2D eigenvalue weighted by Crippen LogP contribution is -2.40. The molecule has 0 bridgehead atoms. The second-order valence-electron chi connectivity index (χ2n) is 7.62. The maximum atomic E-state index is 6.13. The van der Waals surface area contributed by atoms with E-state index in [1.807, 2.05) is 12.3 Å². The first-order valence-electron chi connectivity index (χ1n) is 10.0. The Morgan fingerprint density at radius 3 is 2.94 bits per heavy atom. The molecule has 2 atom stereocenters. The van der Waals surface area contributed by atoms with Crippen molar-refractivity contribution in [1.29, 1.82) is 0 Å². The molecule has 1 fully saturated rings. The van der Waals surface area contributed by atoms with Gasteiger partial charge in [-0.05, 0) is 37.6 Å². The number of hydrogen-bond donors (Lipinski definition) is 2. The van der Waals surface area contributed by atoms with E-state index in [2.05, 4.69) is 42.6 Å². The molecule has 6 heterocycles. The van der Waals surface area contributed by atoms with Gasteiger partial charge in [0, 0.05) is 23.8 Å². The maximum absolute atomic E-state index is 6.13. The van der Waals surface area contributed by atoms with Gasteiger partial charge in [0.15, 0.2) is 9.66 Å². The molecule has 1 saturated heterocycles. The van der Waals surface area contributed by atoms with Crippen LogP contribution in [0, 0.1) is 0 Å². The molecule has 0 spiro atoms. The number of nitrogens with zero attached hydrogens (tertiary/aromatic N) is 7. The van der Waals surface area contributed by atoms with Crippen molar-refractivity contribution in [1.82, 2.24) is 45.5 Å². The van der Waals surface area contributed by atoms with Crippen LogP contribution in [0.5, 0.6) is 5.19 Å². The fourth-order valence-corrected chi connectivity index (χ4v) is 5.85. The third-order valence-electron chi connectivity index (χ3n) is 5.35. The number of H-pyrrole nitrogens is 1. The highest BCUT2D eigenvalue weighted by molar-refractivity contribution is 7.28. The first-order chi connectivity index (χ1) is 15.1. The van der Waals surface area contributed by atoms with E-state index in [0.29, 0.717) is 17.1 Å². The number of aromatic nitrogens is 8. The molecule has 0 aromatic carbocycles. The van der Waals surface area contributed by atoms with Gasteiger partial charge in [-0.3, -0.25) is 4.98 Å². The van der Waals surface area contributed by atoms with Gasteiger partial charge >= 0.3 is 0 Å². The van der Waals surface area contributed by atoms with E-state index in [0.717, 1.165) is 56.2 Å². The molecule has 6 rings (SSSR count). The summed E-state index contributed by atoms with van der Waals surface area (Å²) in [6.07, 6.45) is 5.86. The molecule has 0 amide bonds. The number of aryl methyl sites for hydroxylation is 1. The Balaban J connectivity index is 1.32. The van der Waals surface area contributed by atoms with E-state index in [1.54, 1.807) is 13.2 Å². The summed E-state index contributed by atoms with van der Waals surface area (Å²) >= 11 is 3.02. The lowest BCUT2D eigenvalue weighted by Gasteiger charge is -2.27. The number of fused-ring (bicyclic) bond motifs is 2. The monoisotopic (exact) mass is 453 g/mol. The van der Waals surface area contributed by atoms with Gasteiger partial charge < -0.3 is 15.0 Å². The second kappa shape index (κ2) is 7.32. The summed E-state index contributed by atoms with van der Waals surface area (Å²) in [5.74, 6) is 0.543. The smallest absolute Gasteiger partial charge is 0.276 e. The summed E-state index contributed by atoms with van der Waals surface area (Å²) < 4.78 is 6.13. The quantitative estimate of drug-likeness (QED) is 0.426. The standard InChI is InChI=1S/C19H19N9OS2/c1-9-7-10(3-5-20-9)29-19-24-18-17(31-19)23-16(30-18)14-13-11(4-6-21-13)12(8-22-14)15-25-27-28(2)26-15/h4,6,8-10,20-21H,3,5,7H2,1-2H3/t9-,10?/m0/s1. The van der Waals surface area contributed by atoms with Crippen LogP contribution in [-0.4, -0.2) is 58.8 Å². The van der Waals surface area contributed by atoms with E-state index in [1.165, 1.54) is 27.5 Å². The molecule has 158 valence electrons. The number of piperidine rings is 1. The molecule has 1 unspecified atom stereocenters. The van der Waals surface area contributed by atoms with Crippen LogP contribution in [0.4, 0.5) is 0 Å². The highest BCUT2D eigenvalue weighted by Gasteiger charge is 2.23. The molecule has 0 aliphatic carbocycles. The van der Waals surface area contributed by atoms with Gasteiger partial charge in [0.1, 0.15) is 16.8 Å². The minimum absolute atomic E-state index is 0.207. The van der Waals surface area contributed by atoms with Crippen molar-refractivity contribution in [3.63, 3.8) is 0 Å². The number of hydrogen-bond acceptors (Lipinski definition) is 10. The van der Waals surface area contributed by atoms with Gasteiger partial charge in [-0.2, -0.15) is 9.78 Å². The molecule has 5 aromatic heterocycles. The molecular weight excluding hydrogens is 434 g/mol. The van der Waals surface area contributed by atoms with Crippen molar-refractivity contribution in [2.24, 2.45) is 7.05 Å². The van der Waals surface area contributed by atoms with Gasteiger partial charge in [0.05, 0.1) is 18.1 Å². The molecule has 5 aromatic rings. The third kappa shape index (κ3) is 3.36. The van der Waals surface area contributed by atoms with Gasteiger partial charge in [0.25, 0.3) is 5.19 Å². The van der Waals surface area contributed by atoms with Crippen molar-refractivity contribution < 1.29 is 4.74 Å². The highest BCUT2D eigenvalue weighted by atomic mass is 32.1. The molecule has 10 nitrogen and oxygen atoms in total. The topological polar surface area (TPSA) is 119 Å². The predicted molar refractivity (Wildman–Crippen MR) is 119 cm³/mol. The predicted octanol–water partition coefficient (Wildman–Crippen LogP) is 3.01. The first kappa shape index (κ1) is 18.8. The zero-order chi connectivity index (χ0) is 20.9. The molecule has 12 heteroatoms. The number of pyridine rings is 1. The third-order valence-corrected chi connectivity index (χ3v) is 7.27. The highest BCUT2D eigenvalue weighted by Crippen LogP contribution is 2.39. The van der Waals surface area contributed by atoms with Gasteiger partial charge in [0.2, 0.25) is 5.82 Å². The SMILES string of the molecule is C[C@H]1CC(Oc2nc3sc(-c4ncc(-c5nnn(C)n5)c5cc[nH]c45)nc3s2)CCN1. The number of thiazole rings is 2. The van der Waals surface area contributed by atoms with E-state index in [-0.39, 0.29) is 6.10 Å². The maximum Gasteiger partial charge on any atom is 0.276 e. The lowest BCUT2D eigenvalue weighted by molar-refractivity contribution is 0.144. The van der Waals surface area contributed by atoms with Crippen LogP contribution in [0.1, 0.15) is 19.8 Å². The summed E-state index contributed by atoms with van der Waals surface area (Å²) in [6.45, 7) is 3.16. The molecule has 1 aliphatic heterocycles. The van der Waals surface area contributed by atoms with Gasteiger partial charge in [-0.25, -0.2) is 4.98 Å². The van der Waals surface area contributed by atoms with Crippen LogP contribution in [0.15, 0.2) is 18.5 Å². The van der Waals surface area contributed by atoms with Gasteiger partial charge in [-0.15, -0.1) is 10.2 Å². The van der Waals surface area contributed by atoms with Crippen molar-refractivity contribution in [2.45, 2.75) is 31.9 Å². The van der Waals surface area contributed by atoms with Crippen LogP contribution < -0.4 is 10.1 Å². The van der Waals surface area contributed by atoms with E-state index < -0.39 is 0 Å². The Morgan fingerprint density at radius 1 is 1.23 bits per heavy atom. The van der Waals surface area contributed by atoms with Crippen molar-refractivity contribution in [3.8, 4) is 27.3 Å². The second-order valence-corrected chi connectivity index (χ2v) is 9.54. The summed E-state index contributed by atoms with van der Waals surface area (Å²) in [5.41, 5.74) is 2.51. The Labute approximate surface area is 184 Å². The number of ether oxygens (including phenoxy) is 1. The zero-order valence-electron chi connectivity index (χ0n) is 16.9. The lowest BCUT2D eigenvalue weighted by atomic mass is 10.0. The summed E-state index contributed by atoms with van der Waals surface area (Å²) in [5, 5.41) is 18.3. The number of nitrogens with one attached hydrogen (secondary N) is 2. The Hall–Kier alpha value is -2.96. The molecule has 31 heavy (non-hydrogen) atoms. The van der Waals surface area contributed by atoms with Crippen LogP contribution in [0.25, 0.3) is 42.7 Å². The molecular formula is C19H19N9OS2. The summed E-state index contributed by atoms with van der Waals surface area (Å²) in [6, 6.07) is 2.46. The van der Waals surface area contributed by atoms with Crippen molar-refractivity contribution in [3.05, 3.63) is 18.5 Å². The molecule has 2 N–H and O–H groups in total. The number of tetrazole rings is 1.